The van der Waals surface area contributed by atoms with Crippen LogP contribution in [0.5, 0.6) is 0 Å². The molecular weight excluding hydrogens is 322 g/mol. The molecule has 0 aromatic carbocycles. The van der Waals surface area contributed by atoms with Gasteiger partial charge in [0.05, 0.1) is 10.1 Å². The maximum absolute atomic E-state index is 11.8. The molecule has 0 aromatic rings. The highest BCUT2D eigenvalue weighted by atomic mass is 35.5. The Morgan fingerprint density at radius 1 is 1.22 bits per heavy atom. The third kappa shape index (κ3) is 1.28. The molecule has 0 aliphatic heterocycles. The van der Waals surface area contributed by atoms with Crippen LogP contribution in [0.3, 0.4) is 0 Å². The van der Waals surface area contributed by atoms with Gasteiger partial charge >= 0.3 is 0 Å². The van der Waals surface area contributed by atoms with Gasteiger partial charge in [0, 0.05) is 20.1 Å². The van der Waals surface area contributed by atoms with Crippen molar-refractivity contribution in [3.05, 3.63) is 10.1 Å². The SMILES string of the molecule is COC1(OC)[C@@]2(Cl)C(Cl)=C(Cl)[C@@]1(Cl)C[C@@H]2C(C)=O. The van der Waals surface area contributed by atoms with Gasteiger partial charge in [-0.1, -0.05) is 23.2 Å². The lowest BCUT2D eigenvalue weighted by Gasteiger charge is -2.40. The molecule has 0 N–H and O–H groups in total. The topological polar surface area (TPSA) is 35.5 Å². The van der Waals surface area contributed by atoms with E-state index in [1.54, 1.807) is 0 Å². The molecule has 18 heavy (non-hydrogen) atoms. The molecule has 0 saturated heterocycles. The molecule has 3 atom stereocenters. The van der Waals surface area contributed by atoms with Crippen LogP contribution in [0.2, 0.25) is 0 Å². The first kappa shape index (κ1) is 14.9. The Kier molecular flexibility index (Phi) is 3.51. The van der Waals surface area contributed by atoms with E-state index in [0.29, 0.717) is 0 Å². The van der Waals surface area contributed by atoms with E-state index < -0.39 is 21.5 Å². The number of hydrogen-bond acceptors (Lipinski definition) is 3. The highest BCUT2D eigenvalue weighted by Gasteiger charge is 2.81. The maximum atomic E-state index is 11.8. The van der Waals surface area contributed by atoms with Gasteiger partial charge in [-0.3, -0.25) is 4.79 Å². The third-order valence-corrected chi connectivity index (χ3v) is 6.47. The zero-order chi connectivity index (χ0) is 13.9. The van der Waals surface area contributed by atoms with E-state index in [-0.39, 0.29) is 22.3 Å². The van der Waals surface area contributed by atoms with Crippen molar-refractivity contribution in [2.24, 2.45) is 5.92 Å². The number of carbonyl (C=O) groups is 1. The van der Waals surface area contributed by atoms with Crippen molar-refractivity contribution < 1.29 is 14.3 Å². The first-order valence-electron chi connectivity index (χ1n) is 5.27. The zero-order valence-electron chi connectivity index (χ0n) is 10.0. The molecule has 0 aromatic heterocycles. The molecule has 2 bridgehead atoms. The highest BCUT2D eigenvalue weighted by Crippen LogP contribution is 2.71. The highest BCUT2D eigenvalue weighted by molar-refractivity contribution is 6.52. The van der Waals surface area contributed by atoms with E-state index in [4.69, 9.17) is 55.9 Å². The molecule has 1 saturated carbocycles. The Morgan fingerprint density at radius 3 is 2.06 bits per heavy atom. The second kappa shape index (κ2) is 4.24. The summed E-state index contributed by atoms with van der Waals surface area (Å²) in [5.74, 6) is -2.19. The zero-order valence-corrected chi connectivity index (χ0v) is 13.0. The van der Waals surface area contributed by atoms with Crippen LogP contribution in [0.25, 0.3) is 0 Å². The van der Waals surface area contributed by atoms with Crippen LogP contribution in [-0.4, -0.2) is 35.5 Å². The summed E-state index contributed by atoms with van der Waals surface area (Å²) in [6.07, 6.45) is 0.226. The summed E-state index contributed by atoms with van der Waals surface area (Å²) in [4.78, 5) is 9.15. The van der Waals surface area contributed by atoms with Crippen LogP contribution in [0.4, 0.5) is 0 Å². The third-order valence-electron chi connectivity index (χ3n) is 3.89. The predicted molar refractivity (Wildman–Crippen MR) is 71.4 cm³/mol. The number of alkyl halides is 2. The Labute approximate surface area is 125 Å². The molecule has 1 fully saturated rings. The van der Waals surface area contributed by atoms with E-state index in [2.05, 4.69) is 0 Å². The lowest BCUT2D eigenvalue weighted by atomic mass is 9.88. The van der Waals surface area contributed by atoms with Crippen molar-refractivity contribution in [2.75, 3.05) is 14.2 Å². The van der Waals surface area contributed by atoms with Crippen molar-refractivity contribution in [3.63, 3.8) is 0 Å². The normalized spacial score (nSPS) is 41.6. The average molecular weight is 334 g/mol. The van der Waals surface area contributed by atoms with Gasteiger partial charge in [-0.2, -0.15) is 0 Å². The van der Waals surface area contributed by atoms with Gasteiger partial charge in [0.15, 0.2) is 0 Å². The number of carbonyl (C=O) groups excluding carboxylic acids is 1. The first-order valence-corrected chi connectivity index (χ1v) is 6.79. The fourth-order valence-corrected chi connectivity index (χ4v) is 5.17. The Morgan fingerprint density at radius 2 is 1.72 bits per heavy atom. The maximum Gasteiger partial charge on any atom is 0.217 e. The van der Waals surface area contributed by atoms with Crippen molar-refractivity contribution in [3.8, 4) is 0 Å². The van der Waals surface area contributed by atoms with Crippen molar-refractivity contribution in [1.29, 1.82) is 0 Å². The second-order valence-corrected chi connectivity index (χ2v) is 6.53. The van der Waals surface area contributed by atoms with Crippen molar-refractivity contribution >= 4 is 52.2 Å². The monoisotopic (exact) mass is 332 g/mol. The fourth-order valence-electron chi connectivity index (χ4n) is 3.07. The molecule has 0 radical (unpaired) electrons. The summed E-state index contributed by atoms with van der Waals surface area (Å²) >= 11 is 25.5. The number of rotatable bonds is 3. The van der Waals surface area contributed by atoms with Gasteiger partial charge in [0.25, 0.3) is 0 Å². The Hall–Kier alpha value is 0.490. The molecule has 0 unspecified atom stereocenters. The molecular formula is C11H12Cl4O3. The molecule has 0 spiro atoms. The van der Waals surface area contributed by atoms with Crippen molar-refractivity contribution in [1.82, 2.24) is 0 Å². The quantitative estimate of drug-likeness (QED) is 0.587. The van der Waals surface area contributed by atoms with Gasteiger partial charge in [-0.25, -0.2) is 0 Å². The van der Waals surface area contributed by atoms with Gasteiger partial charge in [-0.15, -0.1) is 23.2 Å². The number of methoxy groups -OCH3 is 2. The number of ketones is 1. The smallest absolute Gasteiger partial charge is 0.217 e. The summed E-state index contributed by atoms with van der Waals surface area (Å²) in [7, 11) is 2.81. The molecule has 3 nitrogen and oxygen atoms in total. The van der Waals surface area contributed by atoms with E-state index >= 15 is 0 Å². The Bertz CT molecular complexity index is 446. The fraction of sp³-hybridized carbons (Fsp3) is 0.727. The predicted octanol–water partition coefficient (Wildman–Crippen LogP) is 3.24. The van der Waals surface area contributed by atoms with Crippen LogP contribution in [0.1, 0.15) is 13.3 Å². The summed E-state index contributed by atoms with van der Waals surface area (Å²) in [6.45, 7) is 1.43. The number of hydrogen-bond donors (Lipinski definition) is 0. The first-order chi connectivity index (χ1) is 8.23. The van der Waals surface area contributed by atoms with E-state index in [1.165, 1.54) is 21.1 Å². The number of fused-ring (bicyclic) bond motifs is 2. The van der Waals surface area contributed by atoms with E-state index in [0.717, 1.165) is 0 Å². The summed E-state index contributed by atoms with van der Waals surface area (Å²) in [6, 6.07) is 0. The van der Waals surface area contributed by atoms with E-state index in [1.807, 2.05) is 0 Å². The molecule has 0 heterocycles. The van der Waals surface area contributed by atoms with E-state index in [9.17, 15) is 4.79 Å². The molecule has 2 rings (SSSR count). The lowest BCUT2D eigenvalue weighted by molar-refractivity contribution is -0.218. The summed E-state index contributed by atoms with van der Waals surface area (Å²) < 4.78 is 10.8. The van der Waals surface area contributed by atoms with Gasteiger partial charge in [-0.05, 0) is 13.3 Å². The number of ether oxygens (including phenoxy) is 2. The van der Waals surface area contributed by atoms with Crippen molar-refractivity contribution in [2.45, 2.75) is 28.9 Å². The van der Waals surface area contributed by atoms with Gasteiger partial charge in [0.2, 0.25) is 5.79 Å². The van der Waals surface area contributed by atoms with Crippen LogP contribution in [0, 0.1) is 5.92 Å². The largest absolute Gasteiger partial charge is 0.350 e. The van der Waals surface area contributed by atoms with Crippen LogP contribution in [0.15, 0.2) is 10.1 Å². The Balaban J connectivity index is 2.73. The minimum Gasteiger partial charge on any atom is -0.350 e. The average Bonchev–Trinajstić information content (AvgIpc) is 2.60. The van der Waals surface area contributed by atoms with Crippen LogP contribution >= 0.6 is 46.4 Å². The minimum absolute atomic E-state index is 0.121. The number of halogens is 4. The molecule has 2 aliphatic rings. The number of Topliss-reactive ketones (excluding diaryl/α,β-unsaturated/α-hetero) is 1. The molecule has 7 heteroatoms. The molecule has 2 aliphatic carbocycles. The lowest BCUT2D eigenvalue weighted by Crippen LogP contribution is -2.57. The van der Waals surface area contributed by atoms with Gasteiger partial charge in [0.1, 0.15) is 15.5 Å². The second-order valence-electron chi connectivity index (χ2n) is 4.53. The molecule has 102 valence electrons. The standard InChI is InChI=1S/C11H12Cl4O3/c1-5(16)6-4-9(14)7(12)8(13)10(6,15)11(9,17-2)18-3/h6H,4H2,1-3H3/t6-,9+,10+/m1/s1. The van der Waals surface area contributed by atoms with Gasteiger partial charge < -0.3 is 9.47 Å². The summed E-state index contributed by atoms with van der Waals surface area (Å²) in [5.41, 5.74) is 0. The molecule has 0 amide bonds. The van der Waals surface area contributed by atoms with Crippen LogP contribution in [-0.2, 0) is 14.3 Å². The van der Waals surface area contributed by atoms with Crippen LogP contribution < -0.4 is 0 Å². The summed E-state index contributed by atoms with van der Waals surface area (Å²) in [5, 5.41) is 0.304. The minimum atomic E-state index is -1.45.